The maximum Gasteiger partial charge on any atom is 0.0580 e. The van der Waals surface area contributed by atoms with Gasteiger partial charge in [0, 0.05) is 13.1 Å². The minimum absolute atomic E-state index is 0.0978. The minimum Gasteiger partial charge on any atom is -0.393 e. The summed E-state index contributed by atoms with van der Waals surface area (Å²) in [6.45, 7) is 4.27. The van der Waals surface area contributed by atoms with Gasteiger partial charge in [0.2, 0.25) is 0 Å². The van der Waals surface area contributed by atoms with E-state index in [4.69, 9.17) is 0 Å². The van der Waals surface area contributed by atoms with E-state index < -0.39 is 0 Å². The molecule has 1 fully saturated rings. The molecule has 2 nitrogen and oxygen atoms in total. The third-order valence-corrected chi connectivity index (χ3v) is 4.05. The first-order chi connectivity index (χ1) is 8.65. The quantitative estimate of drug-likeness (QED) is 0.884. The van der Waals surface area contributed by atoms with Gasteiger partial charge in [-0.2, -0.15) is 0 Å². The largest absolute Gasteiger partial charge is 0.393 e. The number of aliphatic hydroxyl groups is 1. The second kappa shape index (κ2) is 6.35. The Bertz CT molecular complexity index is 351. The Morgan fingerprint density at radius 1 is 1.22 bits per heavy atom. The Morgan fingerprint density at radius 2 is 1.94 bits per heavy atom. The summed E-state index contributed by atoms with van der Waals surface area (Å²) in [4.78, 5) is 2.33. The number of rotatable bonds is 4. The molecule has 1 N–H and O–H groups in total. The number of aliphatic hydroxyl groups excluding tert-OH is 1. The van der Waals surface area contributed by atoms with E-state index in [9.17, 15) is 5.11 Å². The molecular formula is C16H25NO. The smallest absolute Gasteiger partial charge is 0.0580 e. The highest BCUT2D eigenvalue weighted by Gasteiger charge is 2.27. The highest BCUT2D eigenvalue weighted by atomic mass is 16.3. The lowest BCUT2D eigenvalue weighted by molar-refractivity contribution is 0.0338. The van der Waals surface area contributed by atoms with E-state index in [-0.39, 0.29) is 6.10 Å². The van der Waals surface area contributed by atoms with Crippen LogP contribution in [0.3, 0.4) is 0 Å². The zero-order valence-electron chi connectivity index (χ0n) is 11.5. The number of nitrogens with zero attached hydrogens (tertiary/aromatic N) is 1. The first-order valence-electron chi connectivity index (χ1n) is 7.05. The number of hydrogen-bond donors (Lipinski definition) is 1. The number of hydrogen-bond acceptors (Lipinski definition) is 2. The van der Waals surface area contributed by atoms with Crippen LogP contribution in [0.5, 0.6) is 0 Å². The van der Waals surface area contributed by atoms with Crippen molar-refractivity contribution in [2.24, 2.45) is 11.8 Å². The molecule has 0 bridgehead atoms. The molecule has 0 heterocycles. The minimum atomic E-state index is -0.0978. The summed E-state index contributed by atoms with van der Waals surface area (Å²) in [6, 6.07) is 10.5. The lowest BCUT2D eigenvalue weighted by Gasteiger charge is -2.34. The molecule has 1 saturated carbocycles. The first kappa shape index (κ1) is 13.6. The topological polar surface area (TPSA) is 23.5 Å². The third-order valence-electron chi connectivity index (χ3n) is 4.05. The fraction of sp³-hybridized carbons (Fsp3) is 0.625. The normalized spacial score (nSPS) is 28.6. The standard InChI is InChI=1S/C16H25NO/c1-13-8-9-16(18)15(10-13)12-17(2)11-14-6-4-3-5-7-14/h3-7,13,15-16,18H,8-12H2,1-2H3. The van der Waals surface area contributed by atoms with Crippen LogP contribution in [-0.4, -0.2) is 29.7 Å². The van der Waals surface area contributed by atoms with Crippen LogP contribution in [0, 0.1) is 11.8 Å². The van der Waals surface area contributed by atoms with Crippen molar-refractivity contribution in [3.63, 3.8) is 0 Å². The van der Waals surface area contributed by atoms with Crippen molar-refractivity contribution in [3.05, 3.63) is 35.9 Å². The van der Waals surface area contributed by atoms with E-state index >= 15 is 0 Å². The van der Waals surface area contributed by atoms with Crippen molar-refractivity contribution in [1.82, 2.24) is 4.90 Å². The maximum absolute atomic E-state index is 10.1. The summed E-state index contributed by atoms with van der Waals surface area (Å²) in [7, 11) is 2.15. The summed E-state index contributed by atoms with van der Waals surface area (Å²) >= 11 is 0. The van der Waals surface area contributed by atoms with Crippen LogP contribution >= 0.6 is 0 Å². The van der Waals surface area contributed by atoms with Crippen molar-refractivity contribution >= 4 is 0 Å². The van der Waals surface area contributed by atoms with Gasteiger partial charge in [-0.3, -0.25) is 0 Å². The summed E-state index contributed by atoms with van der Waals surface area (Å²) < 4.78 is 0. The molecule has 1 aliphatic carbocycles. The highest BCUT2D eigenvalue weighted by Crippen LogP contribution is 2.29. The van der Waals surface area contributed by atoms with Gasteiger partial charge >= 0.3 is 0 Å². The average Bonchev–Trinajstić information content (AvgIpc) is 2.35. The van der Waals surface area contributed by atoms with Crippen LogP contribution in [0.25, 0.3) is 0 Å². The molecule has 1 aromatic rings. The zero-order chi connectivity index (χ0) is 13.0. The monoisotopic (exact) mass is 247 g/mol. The van der Waals surface area contributed by atoms with Crippen molar-refractivity contribution in [2.45, 2.75) is 38.8 Å². The molecule has 2 heteroatoms. The first-order valence-corrected chi connectivity index (χ1v) is 7.05. The molecule has 1 aromatic carbocycles. The van der Waals surface area contributed by atoms with Gasteiger partial charge in [-0.15, -0.1) is 0 Å². The Hall–Kier alpha value is -0.860. The predicted octanol–water partition coefficient (Wildman–Crippen LogP) is 2.92. The van der Waals surface area contributed by atoms with Crippen molar-refractivity contribution in [2.75, 3.05) is 13.6 Å². The lowest BCUT2D eigenvalue weighted by Crippen LogP contribution is -2.36. The van der Waals surface area contributed by atoms with Gasteiger partial charge in [0.25, 0.3) is 0 Å². The Balaban J connectivity index is 1.85. The molecule has 0 aromatic heterocycles. The molecule has 3 atom stereocenters. The third kappa shape index (κ3) is 3.82. The maximum atomic E-state index is 10.1. The zero-order valence-corrected chi connectivity index (χ0v) is 11.5. The Kier molecular flexibility index (Phi) is 4.79. The summed E-state index contributed by atoms with van der Waals surface area (Å²) in [6.07, 6.45) is 3.23. The number of benzene rings is 1. The van der Waals surface area contributed by atoms with E-state index in [1.165, 1.54) is 18.4 Å². The second-order valence-electron chi connectivity index (χ2n) is 5.93. The van der Waals surface area contributed by atoms with Crippen molar-refractivity contribution < 1.29 is 5.11 Å². The molecule has 1 aliphatic rings. The van der Waals surface area contributed by atoms with Gasteiger partial charge in [-0.05, 0) is 43.7 Å². The Morgan fingerprint density at radius 3 is 2.67 bits per heavy atom. The van der Waals surface area contributed by atoms with E-state index in [0.29, 0.717) is 5.92 Å². The van der Waals surface area contributed by atoms with Crippen LogP contribution < -0.4 is 0 Å². The van der Waals surface area contributed by atoms with Crippen LogP contribution in [0.1, 0.15) is 31.7 Å². The molecule has 100 valence electrons. The van der Waals surface area contributed by atoms with Crippen LogP contribution in [0.15, 0.2) is 30.3 Å². The van der Waals surface area contributed by atoms with E-state index in [0.717, 1.165) is 25.4 Å². The summed E-state index contributed by atoms with van der Waals surface area (Å²) in [5.74, 6) is 1.21. The summed E-state index contributed by atoms with van der Waals surface area (Å²) in [5, 5.41) is 10.1. The summed E-state index contributed by atoms with van der Waals surface area (Å²) in [5.41, 5.74) is 1.35. The Labute approximate surface area is 111 Å². The average molecular weight is 247 g/mol. The van der Waals surface area contributed by atoms with Gasteiger partial charge in [-0.1, -0.05) is 37.3 Å². The van der Waals surface area contributed by atoms with E-state index in [2.05, 4.69) is 49.2 Å². The second-order valence-corrected chi connectivity index (χ2v) is 5.93. The molecule has 2 rings (SSSR count). The fourth-order valence-corrected chi connectivity index (χ4v) is 3.04. The van der Waals surface area contributed by atoms with Gasteiger partial charge < -0.3 is 10.0 Å². The predicted molar refractivity (Wildman–Crippen MR) is 75.3 cm³/mol. The van der Waals surface area contributed by atoms with Gasteiger partial charge in [0.15, 0.2) is 0 Å². The molecular weight excluding hydrogens is 222 g/mol. The van der Waals surface area contributed by atoms with Crippen LogP contribution in [0.2, 0.25) is 0 Å². The van der Waals surface area contributed by atoms with Crippen LogP contribution in [-0.2, 0) is 6.54 Å². The van der Waals surface area contributed by atoms with Crippen LogP contribution in [0.4, 0.5) is 0 Å². The molecule has 0 spiro atoms. The molecule has 0 aliphatic heterocycles. The highest BCUT2D eigenvalue weighted by molar-refractivity contribution is 5.14. The molecule has 18 heavy (non-hydrogen) atoms. The van der Waals surface area contributed by atoms with E-state index in [1.807, 2.05) is 0 Å². The SMILES string of the molecule is CC1CCC(O)C(CN(C)Cc2ccccc2)C1. The van der Waals surface area contributed by atoms with Crippen molar-refractivity contribution in [3.8, 4) is 0 Å². The molecule has 0 radical (unpaired) electrons. The fourth-order valence-electron chi connectivity index (χ4n) is 3.04. The van der Waals surface area contributed by atoms with Crippen molar-refractivity contribution in [1.29, 1.82) is 0 Å². The molecule has 0 saturated heterocycles. The lowest BCUT2D eigenvalue weighted by atomic mass is 9.80. The van der Waals surface area contributed by atoms with Gasteiger partial charge in [0.1, 0.15) is 0 Å². The van der Waals surface area contributed by atoms with E-state index in [1.54, 1.807) is 0 Å². The van der Waals surface area contributed by atoms with Gasteiger partial charge in [0.05, 0.1) is 6.10 Å². The van der Waals surface area contributed by atoms with Gasteiger partial charge in [-0.25, -0.2) is 0 Å². The molecule has 3 unspecified atom stereocenters. The molecule has 0 amide bonds.